The molecule has 0 aromatic heterocycles. The number of rotatable bonds is 3. The maximum absolute atomic E-state index is 11.5. The molecule has 1 amide bonds. The van der Waals surface area contributed by atoms with E-state index >= 15 is 0 Å². The van der Waals surface area contributed by atoms with Gasteiger partial charge in [0.1, 0.15) is 0 Å². The summed E-state index contributed by atoms with van der Waals surface area (Å²) < 4.78 is 0.838. The number of halogens is 1. The van der Waals surface area contributed by atoms with Crippen molar-refractivity contribution < 1.29 is 14.7 Å². The van der Waals surface area contributed by atoms with E-state index in [1.54, 1.807) is 12.1 Å². The summed E-state index contributed by atoms with van der Waals surface area (Å²) in [4.78, 5) is 24.5. The van der Waals surface area contributed by atoms with E-state index in [1.165, 1.54) is 0 Å². The normalized spacial score (nSPS) is 19.2. The third-order valence-corrected chi connectivity index (χ3v) is 3.83. The molecule has 1 heterocycles. The molecule has 102 valence electrons. The highest BCUT2D eigenvalue weighted by Gasteiger charge is 2.27. The monoisotopic (exact) mass is 326 g/mol. The fourth-order valence-electron chi connectivity index (χ4n) is 2.37. The van der Waals surface area contributed by atoms with Crippen LogP contribution in [0.5, 0.6) is 0 Å². The van der Waals surface area contributed by atoms with Crippen LogP contribution in [0.3, 0.4) is 0 Å². The van der Waals surface area contributed by atoms with Crippen molar-refractivity contribution >= 4 is 33.5 Å². The number of carboxylic acid groups (broad SMARTS) is 1. The number of primary amides is 1. The first-order valence-electron chi connectivity index (χ1n) is 6.06. The average molecular weight is 327 g/mol. The van der Waals surface area contributed by atoms with Gasteiger partial charge in [0.2, 0.25) is 0 Å². The number of carbonyl (C=O) groups excluding carboxylic acids is 1. The number of benzene rings is 1. The van der Waals surface area contributed by atoms with Crippen LogP contribution in [0.4, 0.5) is 5.69 Å². The molecule has 1 saturated heterocycles. The largest absolute Gasteiger partial charge is 0.481 e. The highest BCUT2D eigenvalue weighted by atomic mass is 79.9. The molecule has 0 bridgehead atoms. The van der Waals surface area contributed by atoms with Gasteiger partial charge in [-0.25, -0.2) is 0 Å². The third kappa shape index (κ3) is 3.07. The van der Waals surface area contributed by atoms with Gasteiger partial charge in [-0.3, -0.25) is 9.59 Å². The van der Waals surface area contributed by atoms with Crippen molar-refractivity contribution in [2.24, 2.45) is 11.7 Å². The van der Waals surface area contributed by atoms with Gasteiger partial charge in [-0.1, -0.05) is 15.9 Å². The molecular weight excluding hydrogens is 312 g/mol. The molecule has 1 unspecified atom stereocenters. The lowest BCUT2D eigenvalue weighted by Gasteiger charge is -2.33. The van der Waals surface area contributed by atoms with Gasteiger partial charge < -0.3 is 15.7 Å². The first-order chi connectivity index (χ1) is 8.99. The van der Waals surface area contributed by atoms with Crippen LogP contribution >= 0.6 is 15.9 Å². The van der Waals surface area contributed by atoms with E-state index in [9.17, 15) is 9.59 Å². The first kappa shape index (κ1) is 13.9. The molecule has 19 heavy (non-hydrogen) atoms. The highest BCUT2D eigenvalue weighted by Crippen LogP contribution is 2.29. The highest BCUT2D eigenvalue weighted by molar-refractivity contribution is 9.10. The Bertz CT molecular complexity index is 519. The topological polar surface area (TPSA) is 83.6 Å². The predicted molar refractivity (Wildman–Crippen MR) is 75.2 cm³/mol. The molecule has 1 atom stereocenters. The lowest BCUT2D eigenvalue weighted by Crippen LogP contribution is -2.39. The number of nitrogens with two attached hydrogens (primary N) is 1. The van der Waals surface area contributed by atoms with Crippen LogP contribution in [0.2, 0.25) is 0 Å². The lowest BCUT2D eigenvalue weighted by molar-refractivity contribution is -0.141. The van der Waals surface area contributed by atoms with Crippen molar-refractivity contribution in [1.82, 2.24) is 0 Å². The van der Waals surface area contributed by atoms with Gasteiger partial charge >= 0.3 is 5.97 Å². The molecule has 1 aliphatic rings. The quantitative estimate of drug-likeness (QED) is 0.887. The molecular formula is C13H15BrN2O3. The number of anilines is 1. The second kappa shape index (κ2) is 5.61. The number of aliphatic carboxylic acids is 1. The number of amides is 1. The van der Waals surface area contributed by atoms with E-state index in [1.807, 2.05) is 11.0 Å². The Balaban J connectivity index is 2.32. The number of piperidine rings is 1. The number of hydrogen-bond acceptors (Lipinski definition) is 3. The van der Waals surface area contributed by atoms with Crippen LogP contribution in [-0.4, -0.2) is 30.1 Å². The molecule has 5 nitrogen and oxygen atoms in total. The van der Waals surface area contributed by atoms with Crippen molar-refractivity contribution in [2.45, 2.75) is 12.8 Å². The summed E-state index contributed by atoms with van der Waals surface area (Å²) in [6, 6.07) is 5.22. The smallest absolute Gasteiger partial charge is 0.308 e. The third-order valence-electron chi connectivity index (χ3n) is 3.34. The summed E-state index contributed by atoms with van der Waals surface area (Å²) in [5.41, 5.74) is 6.50. The number of carboxylic acids is 1. The molecule has 1 aromatic carbocycles. The average Bonchev–Trinajstić information content (AvgIpc) is 2.38. The van der Waals surface area contributed by atoms with Gasteiger partial charge in [-0.15, -0.1) is 0 Å². The second-order valence-electron chi connectivity index (χ2n) is 4.65. The van der Waals surface area contributed by atoms with Crippen molar-refractivity contribution in [3.05, 3.63) is 28.2 Å². The summed E-state index contributed by atoms with van der Waals surface area (Å²) in [5, 5.41) is 9.11. The molecule has 3 N–H and O–H groups in total. The maximum atomic E-state index is 11.5. The zero-order chi connectivity index (χ0) is 14.0. The minimum atomic E-state index is -0.791. The number of hydrogen-bond donors (Lipinski definition) is 2. The molecule has 1 fully saturated rings. The minimum Gasteiger partial charge on any atom is -0.481 e. The lowest BCUT2D eigenvalue weighted by atomic mass is 9.97. The van der Waals surface area contributed by atoms with Crippen molar-refractivity contribution in [3.63, 3.8) is 0 Å². The Hall–Kier alpha value is -1.56. The molecule has 1 aliphatic heterocycles. The second-order valence-corrected chi connectivity index (χ2v) is 5.56. The maximum Gasteiger partial charge on any atom is 0.308 e. The molecule has 2 rings (SSSR count). The zero-order valence-electron chi connectivity index (χ0n) is 10.3. The molecule has 6 heteroatoms. The Labute approximate surface area is 119 Å². The number of carbonyl (C=O) groups is 2. The van der Waals surface area contributed by atoms with Crippen LogP contribution in [-0.2, 0) is 4.79 Å². The predicted octanol–water partition coefficient (Wildman–Crippen LogP) is 1.85. The van der Waals surface area contributed by atoms with Crippen LogP contribution < -0.4 is 10.6 Å². The van der Waals surface area contributed by atoms with Gasteiger partial charge in [0.15, 0.2) is 0 Å². The molecule has 1 aromatic rings. The summed E-state index contributed by atoms with van der Waals surface area (Å²) >= 11 is 3.36. The SMILES string of the molecule is NC(=O)c1ccc(Br)cc1N1CCCC(C(=O)O)C1. The van der Waals surface area contributed by atoms with Crippen LogP contribution in [0, 0.1) is 5.92 Å². The van der Waals surface area contributed by atoms with Crippen LogP contribution in [0.25, 0.3) is 0 Å². The van der Waals surface area contributed by atoms with Gasteiger partial charge in [0.25, 0.3) is 5.91 Å². The van der Waals surface area contributed by atoms with Gasteiger partial charge in [-0.2, -0.15) is 0 Å². The van der Waals surface area contributed by atoms with E-state index in [0.717, 1.165) is 17.4 Å². The summed E-state index contributed by atoms with van der Waals surface area (Å²) in [7, 11) is 0. The van der Waals surface area contributed by atoms with Gasteiger partial charge in [-0.05, 0) is 31.0 Å². The molecule has 0 aliphatic carbocycles. The van der Waals surface area contributed by atoms with Gasteiger partial charge in [0.05, 0.1) is 17.2 Å². The minimum absolute atomic E-state index is 0.395. The summed E-state index contributed by atoms with van der Waals surface area (Å²) in [5.74, 6) is -1.69. The zero-order valence-corrected chi connectivity index (χ0v) is 11.9. The molecule has 0 saturated carbocycles. The van der Waals surface area contributed by atoms with Gasteiger partial charge in [0, 0.05) is 17.6 Å². The summed E-state index contributed by atoms with van der Waals surface area (Å²) in [6.07, 6.45) is 1.47. The van der Waals surface area contributed by atoms with E-state index < -0.39 is 17.8 Å². The molecule has 0 radical (unpaired) electrons. The van der Waals surface area contributed by atoms with E-state index in [2.05, 4.69) is 15.9 Å². The van der Waals surface area contributed by atoms with Crippen molar-refractivity contribution in [3.8, 4) is 0 Å². The Morgan fingerprint density at radius 2 is 2.16 bits per heavy atom. The van der Waals surface area contributed by atoms with Crippen LogP contribution in [0.15, 0.2) is 22.7 Å². The molecule has 0 spiro atoms. The van der Waals surface area contributed by atoms with Crippen molar-refractivity contribution in [2.75, 3.05) is 18.0 Å². The fourth-order valence-corrected chi connectivity index (χ4v) is 2.72. The van der Waals surface area contributed by atoms with E-state index in [0.29, 0.717) is 24.2 Å². The Kier molecular flexibility index (Phi) is 4.09. The standard InChI is InChI=1S/C13H15BrN2O3/c14-9-3-4-10(12(15)17)11(6-9)16-5-1-2-8(7-16)13(18)19/h3-4,6,8H,1-2,5,7H2,(H2,15,17)(H,18,19). The Morgan fingerprint density at radius 1 is 1.42 bits per heavy atom. The first-order valence-corrected chi connectivity index (χ1v) is 6.85. The number of nitrogens with zero attached hydrogens (tertiary/aromatic N) is 1. The van der Waals surface area contributed by atoms with E-state index in [4.69, 9.17) is 10.8 Å². The van der Waals surface area contributed by atoms with Crippen molar-refractivity contribution in [1.29, 1.82) is 0 Å². The fraction of sp³-hybridized carbons (Fsp3) is 0.385. The summed E-state index contributed by atoms with van der Waals surface area (Å²) in [6.45, 7) is 1.15. The Morgan fingerprint density at radius 3 is 2.79 bits per heavy atom. The van der Waals surface area contributed by atoms with E-state index in [-0.39, 0.29) is 0 Å². The van der Waals surface area contributed by atoms with Crippen LogP contribution in [0.1, 0.15) is 23.2 Å².